The first kappa shape index (κ1) is 15.7. The maximum atomic E-state index is 12.0. The quantitative estimate of drug-likeness (QED) is 0.283. The van der Waals surface area contributed by atoms with Gasteiger partial charge in [-0.3, -0.25) is 14.9 Å². The van der Waals surface area contributed by atoms with E-state index in [0.29, 0.717) is 5.56 Å². The van der Waals surface area contributed by atoms with E-state index in [9.17, 15) is 25.1 Å². The van der Waals surface area contributed by atoms with E-state index < -0.39 is 10.7 Å². The molecule has 22 heavy (non-hydrogen) atoms. The zero-order chi connectivity index (χ0) is 16.3. The Morgan fingerprint density at radius 2 is 1.95 bits per heavy atom. The van der Waals surface area contributed by atoms with Crippen molar-refractivity contribution < 1.29 is 19.9 Å². The standard InChI is InChI=1S/C15H10BrNO5/c16-12-6-9(7-14(19)15(12)20)4-5-13(18)10-2-1-3-11(8-10)17(21)22/h1-8,19-20H/b5-4+. The molecule has 0 spiro atoms. The topological polar surface area (TPSA) is 101 Å². The lowest BCUT2D eigenvalue weighted by atomic mass is 10.1. The Hall–Kier alpha value is -2.67. The second kappa shape index (κ2) is 6.40. The highest BCUT2D eigenvalue weighted by atomic mass is 79.9. The van der Waals surface area contributed by atoms with E-state index in [0.717, 1.165) is 0 Å². The molecule has 2 aromatic rings. The van der Waals surface area contributed by atoms with Gasteiger partial charge in [0.15, 0.2) is 17.3 Å². The summed E-state index contributed by atoms with van der Waals surface area (Å²) >= 11 is 3.07. The molecule has 0 saturated carbocycles. The summed E-state index contributed by atoms with van der Waals surface area (Å²) in [6.07, 6.45) is 2.67. The first-order chi connectivity index (χ1) is 10.4. The minimum atomic E-state index is -0.574. The van der Waals surface area contributed by atoms with Crippen molar-refractivity contribution >= 4 is 33.5 Å². The molecule has 0 atom stereocenters. The number of ketones is 1. The predicted octanol–water partition coefficient (Wildman–Crippen LogP) is 3.66. The predicted molar refractivity (Wildman–Crippen MR) is 83.9 cm³/mol. The van der Waals surface area contributed by atoms with Crippen LogP contribution in [-0.2, 0) is 0 Å². The fourth-order valence-corrected chi connectivity index (χ4v) is 2.21. The molecule has 0 aromatic heterocycles. The smallest absolute Gasteiger partial charge is 0.270 e. The minimum absolute atomic E-state index is 0.163. The number of hydrogen-bond acceptors (Lipinski definition) is 5. The maximum absolute atomic E-state index is 12.0. The van der Waals surface area contributed by atoms with Gasteiger partial charge in [-0.05, 0) is 39.7 Å². The Morgan fingerprint density at radius 3 is 2.59 bits per heavy atom. The molecule has 0 heterocycles. The van der Waals surface area contributed by atoms with E-state index in [-0.39, 0.29) is 27.2 Å². The van der Waals surface area contributed by atoms with Crippen LogP contribution in [0.4, 0.5) is 5.69 Å². The molecule has 2 rings (SSSR count). The van der Waals surface area contributed by atoms with Crippen molar-refractivity contribution in [1.29, 1.82) is 0 Å². The van der Waals surface area contributed by atoms with Crippen molar-refractivity contribution in [2.75, 3.05) is 0 Å². The zero-order valence-electron chi connectivity index (χ0n) is 11.1. The van der Waals surface area contributed by atoms with Crippen LogP contribution in [0.25, 0.3) is 6.08 Å². The molecule has 112 valence electrons. The second-order valence-electron chi connectivity index (χ2n) is 4.38. The highest BCUT2D eigenvalue weighted by Gasteiger charge is 2.10. The van der Waals surface area contributed by atoms with Gasteiger partial charge in [-0.1, -0.05) is 18.2 Å². The molecule has 0 aliphatic heterocycles. The molecule has 0 fully saturated rings. The number of benzene rings is 2. The molecule has 0 unspecified atom stereocenters. The Labute approximate surface area is 133 Å². The summed E-state index contributed by atoms with van der Waals surface area (Å²) in [7, 11) is 0. The van der Waals surface area contributed by atoms with E-state index >= 15 is 0 Å². The Kier molecular flexibility index (Phi) is 4.57. The van der Waals surface area contributed by atoms with Crippen LogP contribution in [0.1, 0.15) is 15.9 Å². The van der Waals surface area contributed by atoms with Crippen molar-refractivity contribution in [1.82, 2.24) is 0 Å². The molecule has 2 N–H and O–H groups in total. The van der Waals surface area contributed by atoms with Crippen LogP contribution in [-0.4, -0.2) is 20.9 Å². The molecule has 6 nitrogen and oxygen atoms in total. The van der Waals surface area contributed by atoms with Gasteiger partial charge < -0.3 is 10.2 Å². The van der Waals surface area contributed by atoms with Crippen LogP contribution in [0, 0.1) is 10.1 Å². The number of nitro groups is 1. The fraction of sp³-hybridized carbons (Fsp3) is 0. The summed E-state index contributed by atoms with van der Waals surface area (Å²) < 4.78 is 0.287. The summed E-state index contributed by atoms with van der Waals surface area (Å²) in [4.78, 5) is 22.1. The summed E-state index contributed by atoms with van der Waals surface area (Å²) in [6, 6.07) is 8.21. The Bertz CT molecular complexity index is 762. The lowest BCUT2D eigenvalue weighted by Gasteiger charge is -2.02. The van der Waals surface area contributed by atoms with Gasteiger partial charge in [0.1, 0.15) is 0 Å². The molecule has 0 radical (unpaired) electrons. The molecule has 0 bridgehead atoms. The second-order valence-corrected chi connectivity index (χ2v) is 5.23. The number of nitro benzene ring substituents is 1. The third kappa shape index (κ3) is 3.50. The number of hydrogen-bond donors (Lipinski definition) is 2. The summed E-state index contributed by atoms with van der Waals surface area (Å²) in [5, 5.41) is 29.6. The Balaban J connectivity index is 2.25. The third-order valence-corrected chi connectivity index (χ3v) is 3.44. The molecule has 0 aliphatic carbocycles. The molecule has 0 aliphatic rings. The molecule has 0 saturated heterocycles. The van der Waals surface area contributed by atoms with Crippen LogP contribution in [0.3, 0.4) is 0 Å². The van der Waals surface area contributed by atoms with E-state index in [1.54, 1.807) is 0 Å². The van der Waals surface area contributed by atoms with E-state index in [1.807, 2.05) is 0 Å². The zero-order valence-corrected chi connectivity index (χ0v) is 12.6. The SMILES string of the molecule is O=C(/C=C/c1cc(O)c(O)c(Br)c1)c1cccc([N+](=O)[O-])c1. The van der Waals surface area contributed by atoms with Crippen molar-refractivity contribution in [3.8, 4) is 11.5 Å². The number of halogens is 1. The van der Waals surface area contributed by atoms with Gasteiger partial charge in [0, 0.05) is 17.7 Å². The number of phenols is 2. The average Bonchev–Trinajstić information content (AvgIpc) is 2.50. The summed E-state index contributed by atoms with van der Waals surface area (Å²) in [6.45, 7) is 0. The van der Waals surface area contributed by atoms with Gasteiger partial charge in [0.25, 0.3) is 5.69 Å². The summed E-state index contributed by atoms with van der Waals surface area (Å²) in [5.74, 6) is -1.02. The van der Waals surface area contributed by atoms with E-state index in [2.05, 4.69) is 15.9 Å². The largest absolute Gasteiger partial charge is 0.504 e. The number of phenolic OH excluding ortho intramolecular Hbond substituents is 2. The molecule has 7 heteroatoms. The number of rotatable bonds is 4. The maximum Gasteiger partial charge on any atom is 0.270 e. The van der Waals surface area contributed by atoms with Gasteiger partial charge in [0.05, 0.1) is 9.40 Å². The van der Waals surface area contributed by atoms with E-state index in [1.165, 1.54) is 48.6 Å². The first-order valence-corrected chi connectivity index (χ1v) is 6.86. The third-order valence-electron chi connectivity index (χ3n) is 2.83. The van der Waals surface area contributed by atoms with Crippen molar-refractivity contribution in [2.45, 2.75) is 0 Å². The number of nitrogens with zero attached hydrogens (tertiary/aromatic N) is 1. The number of aromatic hydroxyl groups is 2. The highest BCUT2D eigenvalue weighted by Crippen LogP contribution is 2.34. The lowest BCUT2D eigenvalue weighted by Crippen LogP contribution is -1.96. The van der Waals surface area contributed by atoms with Crippen molar-refractivity contribution in [3.63, 3.8) is 0 Å². The number of carbonyl (C=O) groups excluding carboxylic acids is 1. The van der Waals surface area contributed by atoms with Crippen LogP contribution in [0.15, 0.2) is 46.9 Å². The number of carbonyl (C=O) groups is 1. The van der Waals surface area contributed by atoms with Gasteiger partial charge in [-0.15, -0.1) is 0 Å². The fourth-order valence-electron chi connectivity index (χ4n) is 1.74. The first-order valence-electron chi connectivity index (χ1n) is 6.07. The van der Waals surface area contributed by atoms with Crippen LogP contribution < -0.4 is 0 Å². The number of allylic oxidation sites excluding steroid dienone is 1. The van der Waals surface area contributed by atoms with Gasteiger partial charge in [-0.2, -0.15) is 0 Å². The molecule has 2 aromatic carbocycles. The number of non-ortho nitro benzene ring substituents is 1. The monoisotopic (exact) mass is 363 g/mol. The van der Waals surface area contributed by atoms with Crippen molar-refractivity contribution in [2.24, 2.45) is 0 Å². The Morgan fingerprint density at radius 1 is 1.23 bits per heavy atom. The average molecular weight is 364 g/mol. The van der Waals surface area contributed by atoms with Crippen LogP contribution in [0.2, 0.25) is 0 Å². The normalized spacial score (nSPS) is 10.8. The molecular weight excluding hydrogens is 354 g/mol. The van der Waals surface area contributed by atoms with E-state index in [4.69, 9.17) is 0 Å². The minimum Gasteiger partial charge on any atom is -0.504 e. The van der Waals surface area contributed by atoms with Gasteiger partial charge in [0.2, 0.25) is 0 Å². The summed E-state index contributed by atoms with van der Waals surface area (Å²) in [5.41, 5.74) is 0.512. The lowest BCUT2D eigenvalue weighted by molar-refractivity contribution is -0.384. The highest BCUT2D eigenvalue weighted by molar-refractivity contribution is 9.10. The van der Waals surface area contributed by atoms with Gasteiger partial charge in [-0.25, -0.2) is 0 Å². The van der Waals surface area contributed by atoms with Crippen LogP contribution in [0.5, 0.6) is 11.5 Å². The van der Waals surface area contributed by atoms with Crippen LogP contribution >= 0.6 is 15.9 Å². The van der Waals surface area contributed by atoms with Gasteiger partial charge >= 0.3 is 0 Å². The molecular formula is C15H10BrNO5. The van der Waals surface area contributed by atoms with Crippen molar-refractivity contribution in [3.05, 3.63) is 68.2 Å². The molecule has 0 amide bonds.